The monoisotopic (exact) mass is 204 g/mol. The van der Waals surface area contributed by atoms with E-state index >= 15 is 0 Å². The zero-order chi connectivity index (χ0) is 8.93. The van der Waals surface area contributed by atoms with Crippen LogP contribution in [-0.2, 0) is 15.8 Å². The van der Waals surface area contributed by atoms with E-state index in [1.54, 1.807) is 7.05 Å². The molecule has 4 nitrogen and oxygen atoms in total. The van der Waals surface area contributed by atoms with Crippen LogP contribution in [-0.4, -0.2) is 20.4 Å². The van der Waals surface area contributed by atoms with Gasteiger partial charge in [-0.1, -0.05) is 0 Å². The first kappa shape index (κ1) is 8.00. The van der Waals surface area contributed by atoms with E-state index in [0.29, 0.717) is 5.82 Å². The number of nitrogens with zero attached hydrogens (tertiary/aromatic N) is 2. The Morgan fingerprint density at radius 3 is 2.83 bits per heavy atom. The first-order valence-corrected chi connectivity index (χ1v) is 5.86. The molecule has 0 N–H and O–H groups in total. The SMILES string of the molecule is Cc1nc2c(s1)CS(=O)(=O)N2C. The van der Waals surface area contributed by atoms with Crippen LogP contribution >= 0.6 is 11.3 Å². The molecule has 1 aromatic heterocycles. The smallest absolute Gasteiger partial charge is 0.241 e. The van der Waals surface area contributed by atoms with Crippen molar-refractivity contribution in [2.24, 2.45) is 0 Å². The Kier molecular flexibility index (Phi) is 1.47. The molecule has 1 aromatic rings. The molecule has 0 saturated heterocycles. The summed E-state index contributed by atoms with van der Waals surface area (Å²) in [4.78, 5) is 4.99. The summed E-state index contributed by atoms with van der Waals surface area (Å²) in [6, 6.07) is 0. The number of rotatable bonds is 0. The van der Waals surface area contributed by atoms with Crippen molar-refractivity contribution in [1.29, 1.82) is 0 Å². The molecule has 6 heteroatoms. The van der Waals surface area contributed by atoms with Crippen molar-refractivity contribution in [3.8, 4) is 0 Å². The fourth-order valence-corrected chi connectivity index (χ4v) is 3.76. The maximum Gasteiger partial charge on any atom is 0.241 e. The summed E-state index contributed by atoms with van der Waals surface area (Å²) >= 11 is 1.45. The molecule has 0 aromatic carbocycles. The molecule has 66 valence electrons. The largest absolute Gasteiger partial charge is 0.256 e. The molecule has 1 aliphatic rings. The topological polar surface area (TPSA) is 50.3 Å². The first-order valence-electron chi connectivity index (χ1n) is 3.43. The summed E-state index contributed by atoms with van der Waals surface area (Å²) in [6.07, 6.45) is 0. The number of hydrogen-bond acceptors (Lipinski definition) is 4. The first-order chi connectivity index (χ1) is 5.50. The van der Waals surface area contributed by atoms with Crippen molar-refractivity contribution >= 4 is 27.2 Å². The van der Waals surface area contributed by atoms with E-state index in [1.807, 2.05) is 6.92 Å². The second kappa shape index (κ2) is 2.20. The quantitative estimate of drug-likeness (QED) is 0.626. The Balaban J connectivity index is 2.60. The molecule has 0 unspecified atom stereocenters. The normalized spacial score (nSPS) is 19.7. The van der Waals surface area contributed by atoms with Gasteiger partial charge >= 0.3 is 0 Å². The lowest BCUT2D eigenvalue weighted by Gasteiger charge is -2.07. The lowest BCUT2D eigenvalue weighted by atomic mass is 10.5. The highest BCUT2D eigenvalue weighted by atomic mass is 32.2. The van der Waals surface area contributed by atoms with Crippen LogP contribution in [0.3, 0.4) is 0 Å². The van der Waals surface area contributed by atoms with Crippen LogP contribution in [0.4, 0.5) is 5.82 Å². The molecule has 0 radical (unpaired) electrons. The molecule has 0 spiro atoms. The van der Waals surface area contributed by atoms with Gasteiger partial charge in [-0.05, 0) is 6.92 Å². The molecule has 0 fully saturated rings. The third-order valence-electron chi connectivity index (χ3n) is 1.81. The molecular weight excluding hydrogens is 196 g/mol. The van der Waals surface area contributed by atoms with Crippen molar-refractivity contribution in [2.75, 3.05) is 11.4 Å². The van der Waals surface area contributed by atoms with Gasteiger partial charge in [0.1, 0.15) is 5.75 Å². The van der Waals surface area contributed by atoms with Crippen molar-refractivity contribution in [2.45, 2.75) is 12.7 Å². The third-order valence-corrected chi connectivity index (χ3v) is 4.62. The van der Waals surface area contributed by atoms with Crippen LogP contribution in [0.25, 0.3) is 0 Å². The number of anilines is 1. The van der Waals surface area contributed by atoms with Crippen molar-refractivity contribution in [3.05, 3.63) is 9.88 Å². The molecule has 0 bridgehead atoms. The summed E-state index contributed by atoms with van der Waals surface area (Å²) in [5, 5.41) is 0.918. The lowest BCUT2D eigenvalue weighted by Crippen LogP contribution is -2.21. The van der Waals surface area contributed by atoms with Gasteiger partial charge in [-0.15, -0.1) is 11.3 Å². The number of fused-ring (bicyclic) bond motifs is 1. The Bertz CT molecular complexity index is 421. The Labute approximate surface area is 74.9 Å². The summed E-state index contributed by atoms with van der Waals surface area (Å²) in [6.45, 7) is 1.88. The molecule has 0 atom stereocenters. The van der Waals surface area contributed by atoms with Gasteiger partial charge < -0.3 is 0 Å². The second-order valence-corrected chi connectivity index (χ2v) is 5.99. The van der Waals surface area contributed by atoms with Crippen molar-refractivity contribution < 1.29 is 8.42 Å². The van der Waals surface area contributed by atoms with Gasteiger partial charge in [-0.2, -0.15) is 0 Å². The zero-order valence-electron chi connectivity index (χ0n) is 6.73. The van der Waals surface area contributed by atoms with Crippen molar-refractivity contribution in [3.63, 3.8) is 0 Å². The van der Waals surface area contributed by atoms with E-state index in [-0.39, 0.29) is 5.75 Å². The van der Waals surface area contributed by atoms with E-state index in [0.717, 1.165) is 9.88 Å². The van der Waals surface area contributed by atoms with Crippen LogP contribution in [0.5, 0.6) is 0 Å². The number of sulfonamides is 1. The maximum atomic E-state index is 11.3. The molecule has 0 aliphatic carbocycles. The molecule has 12 heavy (non-hydrogen) atoms. The van der Waals surface area contributed by atoms with Gasteiger partial charge in [0.2, 0.25) is 10.0 Å². The fraction of sp³-hybridized carbons (Fsp3) is 0.500. The molecule has 1 aliphatic heterocycles. The minimum Gasteiger partial charge on any atom is -0.256 e. The van der Waals surface area contributed by atoms with Gasteiger partial charge in [-0.3, -0.25) is 4.31 Å². The van der Waals surface area contributed by atoms with Crippen LogP contribution in [0, 0.1) is 6.92 Å². The molecule has 0 saturated carbocycles. The number of aryl methyl sites for hydroxylation is 1. The van der Waals surface area contributed by atoms with Crippen LogP contribution in [0.1, 0.15) is 9.88 Å². The van der Waals surface area contributed by atoms with Crippen LogP contribution < -0.4 is 4.31 Å². The van der Waals surface area contributed by atoms with E-state index < -0.39 is 10.0 Å². The van der Waals surface area contributed by atoms with E-state index in [1.165, 1.54) is 15.6 Å². The Morgan fingerprint density at radius 2 is 2.25 bits per heavy atom. The zero-order valence-corrected chi connectivity index (χ0v) is 8.37. The summed E-state index contributed by atoms with van der Waals surface area (Å²) in [5.74, 6) is 0.724. The van der Waals surface area contributed by atoms with Crippen LogP contribution in [0.15, 0.2) is 0 Å². The fourth-order valence-electron chi connectivity index (χ4n) is 1.19. The third kappa shape index (κ3) is 0.947. The van der Waals surface area contributed by atoms with Gasteiger partial charge in [0.25, 0.3) is 0 Å². The molecule has 2 rings (SSSR count). The standard InChI is InChI=1S/C6H8N2O2S2/c1-4-7-6-5(11-4)3-12(9,10)8(6)2/h3H2,1-2H3. The number of aromatic nitrogens is 1. The lowest BCUT2D eigenvalue weighted by molar-refractivity contribution is 0.596. The average Bonchev–Trinajstić information content (AvgIpc) is 2.35. The van der Waals surface area contributed by atoms with E-state index in [2.05, 4.69) is 4.98 Å². The highest BCUT2D eigenvalue weighted by molar-refractivity contribution is 7.92. The summed E-state index contributed by atoms with van der Waals surface area (Å²) in [5.41, 5.74) is 0. The second-order valence-electron chi connectivity index (χ2n) is 2.70. The van der Waals surface area contributed by atoms with E-state index in [4.69, 9.17) is 0 Å². The van der Waals surface area contributed by atoms with Gasteiger partial charge in [0.15, 0.2) is 5.82 Å². The summed E-state index contributed by atoms with van der Waals surface area (Å²) in [7, 11) is -1.53. The summed E-state index contributed by atoms with van der Waals surface area (Å²) < 4.78 is 23.8. The average molecular weight is 204 g/mol. The number of thiazole rings is 1. The van der Waals surface area contributed by atoms with Gasteiger partial charge in [0.05, 0.1) is 9.88 Å². The molecular formula is C6H8N2O2S2. The molecule has 0 amide bonds. The minimum atomic E-state index is -3.08. The Morgan fingerprint density at radius 1 is 1.58 bits per heavy atom. The van der Waals surface area contributed by atoms with E-state index in [9.17, 15) is 8.42 Å². The van der Waals surface area contributed by atoms with Crippen molar-refractivity contribution in [1.82, 2.24) is 4.98 Å². The predicted octanol–water partition coefficient (Wildman–Crippen LogP) is 0.731. The van der Waals surface area contributed by atoms with Gasteiger partial charge in [-0.25, -0.2) is 13.4 Å². The van der Waals surface area contributed by atoms with Gasteiger partial charge in [0, 0.05) is 7.05 Å². The highest BCUT2D eigenvalue weighted by Gasteiger charge is 2.33. The molecule has 2 heterocycles. The minimum absolute atomic E-state index is 0.115. The Hall–Kier alpha value is -0.620. The predicted molar refractivity (Wildman–Crippen MR) is 47.9 cm³/mol. The number of hydrogen-bond donors (Lipinski definition) is 0. The van der Waals surface area contributed by atoms with Crippen LogP contribution in [0.2, 0.25) is 0 Å². The maximum absolute atomic E-state index is 11.3. The highest BCUT2D eigenvalue weighted by Crippen LogP contribution is 2.35.